The second-order valence-corrected chi connectivity index (χ2v) is 8.87. The van der Waals surface area contributed by atoms with E-state index in [2.05, 4.69) is 16.4 Å². The molecule has 0 spiro atoms. The fraction of sp³-hybridized carbons (Fsp3) is 0.370. The van der Waals surface area contributed by atoms with Crippen molar-refractivity contribution in [1.82, 2.24) is 9.55 Å². The number of unbranched alkanes of at least 4 members (excludes halogenated alkanes) is 1. The number of hydrogen-bond acceptors (Lipinski definition) is 6. The Hall–Kier alpha value is -3.61. The van der Waals surface area contributed by atoms with E-state index in [0.717, 1.165) is 40.3 Å². The highest BCUT2D eigenvalue weighted by atomic mass is 16.5. The molecule has 34 heavy (non-hydrogen) atoms. The van der Waals surface area contributed by atoms with Crippen LogP contribution >= 0.6 is 0 Å². The molecule has 0 aliphatic rings. The molecule has 0 bridgehead atoms. The number of benzene rings is 2. The SMILES string of the molecule is CCCCOC(=O)Cn1c(C(C)C)ncc(N[C@H](C)c2ccc3oc4ccccc4c3c2)c1=O. The molecular formula is C27H31N3O4. The lowest BCUT2D eigenvalue weighted by atomic mass is 10.0. The summed E-state index contributed by atoms with van der Waals surface area (Å²) in [5, 5.41) is 5.37. The van der Waals surface area contributed by atoms with Gasteiger partial charge < -0.3 is 14.5 Å². The van der Waals surface area contributed by atoms with Gasteiger partial charge in [0.05, 0.1) is 12.8 Å². The number of ether oxygens (including phenoxy) is 1. The molecule has 0 fully saturated rings. The van der Waals surface area contributed by atoms with E-state index in [1.54, 1.807) is 6.20 Å². The average Bonchev–Trinajstić information content (AvgIpc) is 3.19. The lowest BCUT2D eigenvalue weighted by Crippen LogP contribution is -2.32. The van der Waals surface area contributed by atoms with Gasteiger partial charge in [0.25, 0.3) is 5.56 Å². The van der Waals surface area contributed by atoms with Crippen LogP contribution in [0.15, 0.2) is 57.9 Å². The van der Waals surface area contributed by atoms with E-state index in [-0.39, 0.29) is 24.1 Å². The number of para-hydroxylation sites is 1. The minimum Gasteiger partial charge on any atom is -0.464 e. The van der Waals surface area contributed by atoms with Gasteiger partial charge in [0.2, 0.25) is 0 Å². The normalized spacial score (nSPS) is 12.4. The number of nitrogens with zero attached hydrogens (tertiary/aromatic N) is 2. The molecule has 0 saturated heterocycles. The van der Waals surface area contributed by atoms with Crippen LogP contribution in [0.2, 0.25) is 0 Å². The number of rotatable bonds is 9. The summed E-state index contributed by atoms with van der Waals surface area (Å²) in [4.78, 5) is 30.1. The Morgan fingerprint density at radius 1 is 1.12 bits per heavy atom. The van der Waals surface area contributed by atoms with Crippen LogP contribution in [0.3, 0.4) is 0 Å². The van der Waals surface area contributed by atoms with Gasteiger partial charge in [-0.3, -0.25) is 14.2 Å². The van der Waals surface area contributed by atoms with Crippen LogP contribution in [0.1, 0.15) is 63.9 Å². The first-order valence-electron chi connectivity index (χ1n) is 11.8. The summed E-state index contributed by atoms with van der Waals surface area (Å²) in [7, 11) is 0. The van der Waals surface area contributed by atoms with Crippen molar-refractivity contribution in [3.63, 3.8) is 0 Å². The molecule has 0 aliphatic heterocycles. The summed E-state index contributed by atoms with van der Waals surface area (Å²) in [6.07, 6.45) is 3.29. The van der Waals surface area contributed by atoms with E-state index in [4.69, 9.17) is 9.15 Å². The molecule has 178 valence electrons. The number of carbonyl (C=O) groups is 1. The van der Waals surface area contributed by atoms with Crippen LogP contribution in [-0.4, -0.2) is 22.1 Å². The van der Waals surface area contributed by atoms with Gasteiger partial charge in [0.15, 0.2) is 0 Å². The predicted octanol–water partition coefficient (Wildman–Crippen LogP) is 5.78. The van der Waals surface area contributed by atoms with Crippen LogP contribution in [0, 0.1) is 0 Å². The molecule has 2 aromatic heterocycles. The zero-order valence-corrected chi connectivity index (χ0v) is 20.1. The first-order chi connectivity index (χ1) is 16.4. The minimum absolute atomic E-state index is 0.0144. The largest absolute Gasteiger partial charge is 0.464 e. The maximum absolute atomic E-state index is 13.3. The summed E-state index contributed by atoms with van der Waals surface area (Å²) in [5.74, 6) is 0.114. The highest BCUT2D eigenvalue weighted by Crippen LogP contribution is 2.31. The third-order valence-corrected chi connectivity index (χ3v) is 5.92. The van der Waals surface area contributed by atoms with Crippen LogP contribution in [0.4, 0.5) is 5.69 Å². The van der Waals surface area contributed by atoms with Gasteiger partial charge in [-0.05, 0) is 37.1 Å². The first kappa shape index (κ1) is 23.5. The Morgan fingerprint density at radius 3 is 2.65 bits per heavy atom. The monoisotopic (exact) mass is 461 g/mol. The van der Waals surface area contributed by atoms with Gasteiger partial charge in [-0.2, -0.15) is 0 Å². The average molecular weight is 462 g/mol. The van der Waals surface area contributed by atoms with Crippen LogP contribution < -0.4 is 10.9 Å². The minimum atomic E-state index is -0.429. The lowest BCUT2D eigenvalue weighted by molar-refractivity contribution is -0.144. The van der Waals surface area contributed by atoms with E-state index in [9.17, 15) is 9.59 Å². The Kier molecular flexibility index (Phi) is 7.01. The summed E-state index contributed by atoms with van der Waals surface area (Å²) in [6.45, 7) is 8.11. The lowest BCUT2D eigenvalue weighted by Gasteiger charge is -2.19. The number of esters is 1. The second kappa shape index (κ2) is 10.1. The number of nitrogens with one attached hydrogen (secondary N) is 1. The molecule has 0 unspecified atom stereocenters. The number of fused-ring (bicyclic) bond motifs is 3. The molecule has 4 aromatic rings. The highest BCUT2D eigenvalue weighted by molar-refractivity contribution is 6.05. The van der Waals surface area contributed by atoms with Crippen molar-refractivity contribution < 1.29 is 13.9 Å². The molecule has 4 rings (SSSR count). The summed E-state index contributed by atoms with van der Waals surface area (Å²) in [5.41, 5.74) is 2.74. The number of carbonyl (C=O) groups excluding carboxylic acids is 1. The molecular weight excluding hydrogens is 430 g/mol. The summed E-state index contributed by atoms with van der Waals surface area (Å²) >= 11 is 0. The number of hydrogen-bond donors (Lipinski definition) is 1. The van der Waals surface area contributed by atoms with E-state index < -0.39 is 5.97 Å². The van der Waals surface area contributed by atoms with Gasteiger partial charge in [-0.1, -0.05) is 51.5 Å². The van der Waals surface area contributed by atoms with Gasteiger partial charge >= 0.3 is 5.97 Å². The molecule has 0 radical (unpaired) electrons. The second-order valence-electron chi connectivity index (χ2n) is 8.87. The van der Waals surface area contributed by atoms with Crippen molar-refractivity contribution in [2.45, 2.75) is 59.0 Å². The van der Waals surface area contributed by atoms with Crippen molar-refractivity contribution in [2.24, 2.45) is 0 Å². The van der Waals surface area contributed by atoms with Crippen molar-refractivity contribution in [3.8, 4) is 0 Å². The van der Waals surface area contributed by atoms with E-state index in [1.165, 1.54) is 4.57 Å². The zero-order valence-electron chi connectivity index (χ0n) is 20.1. The van der Waals surface area contributed by atoms with Gasteiger partial charge in [0, 0.05) is 22.7 Å². The molecule has 2 heterocycles. The van der Waals surface area contributed by atoms with Crippen LogP contribution in [-0.2, 0) is 16.1 Å². The van der Waals surface area contributed by atoms with Crippen molar-refractivity contribution in [1.29, 1.82) is 0 Å². The number of furan rings is 1. The molecule has 1 atom stereocenters. The fourth-order valence-electron chi connectivity index (χ4n) is 4.05. The first-order valence-corrected chi connectivity index (χ1v) is 11.8. The topological polar surface area (TPSA) is 86.4 Å². The summed E-state index contributed by atoms with van der Waals surface area (Å²) < 4.78 is 12.6. The Balaban J connectivity index is 1.61. The van der Waals surface area contributed by atoms with Gasteiger partial charge in [0.1, 0.15) is 29.2 Å². The highest BCUT2D eigenvalue weighted by Gasteiger charge is 2.18. The summed E-state index contributed by atoms with van der Waals surface area (Å²) in [6, 6.07) is 13.8. The smallest absolute Gasteiger partial charge is 0.326 e. The standard InChI is InChI=1S/C27H31N3O4/c1-5-6-13-33-25(31)16-30-26(17(2)3)28-15-22(27(30)32)29-18(4)19-11-12-24-21(14-19)20-9-7-8-10-23(20)34-24/h7-12,14-15,17-18,29H,5-6,13,16H2,1-4H3/t18-/m1/s1. The maximum Gasteiger partial charge on any atom is 0.326 e. The van der Waals surface area contributed by atoms with Gasteiger partial charge in [-0.25, -0.2) is 4.98 Å². The van der Waals surface area contributed by atoms with Crippen molar-refractivity contribution >= 4 is 33.6 Å². The van der Waals surface area contributed by atoms with Gasteiger partial charge in [-0.15, -0.1) is 0 Å². The molecule has 2 aromatic carbocycles. The predicted molar refractivity (Wildman–Crippen MR) is 134 cm³/mol. The molecule has 7 heteroatoms. The zero-order chi connectivity index (χ0) is 24.2. The number of aromatic nitrogens is 2. The Bertz CT molecular complexity index is 1370. The van der Waals surface area contributed by atoms with Crippen LogP contribution in [0.5, 0.6) is 0 Å². The molecule has 1 N–H and O–H groups in total. The van der Waals surface area contributed by atoms with Crippen molar-refractivity contribution in [2.75, 3.05) is 11.9 Å². The third kappa shape index (κ3) is 4.83. The van der Waals surface area contributed by atoms with Crippen LogP contribution in [0.25, 0.3) is 21.9 Å². The molecule has 7 nitrogen and oxygen atoms in total. The third-order valence-electron chi connectivity index (χ3n) is 5.92. The maximum atomic E-state index is 13.3. The Labute approximate surface area is 198 Å². The molecule has 0 saturated carbocycles. The van der Waals surface area contributed by atoms with Crippen molar-refractivity contribution in [3.05, 3.63) is 70.4 Å². The van der Waals surface area contributed by atoms with E-state index >= 15 is 0 Å². The number of anilines is 1. The van der Waals surface area contributed by atoms with E-state index in [1.807, 2.05) is 64.1 Å². The van der Waals surface area contributed by atoms with E-state index in [0.29, 0.717) is 18.1 Å². The quantitative estimate of drug-likeness (QED) is 0.251. The Morgan fingerprint density at radius 2 is 1.88 bits per heavy atom. The molecule has 0 amide bonds. The molecule has 0 aliphatic carbocycles. The fourth-order valence-corrected chi connectivity index (χ4v) is 4.05.